The number of alkyl halides is 1. The summed E-state index contributed by atoms with van der Waals surface area (Å²) in [5, 5.41) is 0.502. The van der Waals surface area contributed by atoms with Crippen LogP contribution < -0.4 is 0 Å². The van der Waals surface area contributed by atoms with Crippen LogP contribution in [0, 0.1) is 0 Å². The summed E-state index contributed by atoms with van der Waals surface area (Å²) in [6, 6.07) is 6.03. The first-order valence-electron chi connectivity index (χ1n) is 5.46. The van der Waals surface area contributed by atoms with Gasteiger partial charge in [0.15, 0.2) is 0 Å². The molecule has 0 bridgehead atoms. The van der Waals surface area contributed by atoms with Crippen molar-refractivity contribution in [3.8, 4) is 0 Å². The summed E-state index contributed by atoms with van der Waals surface area (Å²) in [5.41, 5.74) is 0. The first kappa shape index (κ1) is 16.0. The number of rotatable bonds is 6. The lowest BCUT2D eigenvalue weighted by Gasteiger charge is -2.05. The third-order valence-electron chi connectivity index (χ3n) is 2.07. The van der Waals surface area contributed by atoms with E-state index in [1.807, 2.05) is 6.92 Å². The maximum absolute atomic E-state index is 12.1. The van der Waals surface area contributed by atoms with Crippen LogP contribution in [0.5, 0.6) is 0 Å². The van der Waals surface area contributed by atoms with Crippen LogP contribution in [0.25, 0.3) is 0 Å². The molecule has 1 rings (SSSR count). The van der Waals surface area contributed by atoms with Gasteiger partial charge >= 0.3 is 0 Å². The lowest BCUT2D eigenvalue weighted by atomic mass is 10.4. The van der Waals surface area contributed by atoms with E-state index in [2.05, 4.69) is 3.77 Å². The van der Waals surface area contributed by atoms with E-state index >= 15 is 0 Å². The normalized spacial score (nSPS) is 13.7. The van der Waals surface area contributed by atoms with E-state index in [4.69, 9.17) is 23.2 Å². The Bertz CT molecular complexity index is 504. The van der Waals surface area contributed by atoms with E-state index in [0.717, 1.165) is 12.2 Å². The smallest absolute Gasteiger partial charge is 0.199 e. The predicted molar refractivity (Wildman–Crippen MR) is 79.2 cm³/mol. The van der Waals surface area contributed by atoms with Gasteiger partial charge < -0.3 is 0 Å². The van der Waals surface area contributed by atoms with Crippen molar-refractivity contribution in [2.75, 3.05) is 17.4 Å². The summed E-state index contributed by atoms with van der Waals surface area (Å²) in [6.07, 6.45) is 0.889. The van der Waals surface area contributed by atoms with Crippen LogP contribution in [0.1, 0.15) is 13.3 Å². The molecule has 102 valence electrons. The third-order valence-corrected chi connectivity index (χ3v) is 6.78. The summed E-state index contributed by atoms with van der Waals surface area (Å²) in [6.45, 7) is 2.00. The van der Waals surface area contributed by atoms with Gasteiger partial charge in [-0.25, -0.2) is 0 Å². The molecule has 0 aliphatic carbocycles. The molecule has 0 saturated carbocycles. The lowest BCUT2D eigenvalue weighted by Crippen LogP contribution is -2.07. The second-order valence-electron chi connectivity index (χ2n) is 3.56. The molecule has 0 aliphatic rings. The molecule has 7 heteroatoms. The molecule has 0 N–H and O–H groups in total. The van der Waals surface area contributed by atoms with E-state index < -0.39 is 20.7 Å². The summed E-state index contributed by atoms with van der Waals surface area (Å²) < 4.78 is 28.1. The quantitative estimate of drug-likeness (QED) is 0.751. The fourth-order valence-corrected chi connectivity index (χ4v) is 5.33. The Labute approximate surface area is 121 Å². The van der Waals surface area contributed by atoms with Gasteiger partial charge in [0.1, 0.15) is 0 Å². The molecule has 0 saturated heterocycles. The number of nitrogens with zero attached hydrogens (tertiary/aromatic N) is 1. The van der Waals surface area contributed by atoms with Crippen LogP contribution in [-0.2, 0) is 20.7 Å². The first-order valence-corrected chi connectivity index (χ1v) is 9.34. The van der Waals surface area contributed by atoms with Crippen molar-refractivity contribution in [1.82, 2.24) is 0 Å². The summed E-state index contributed by atoms with van der Waals surface area (Å²) >= 11 is 11.4. The highest BCUT2D eigenvalue weighted by Gasteiger charge is 2.13. The van der Waals surface area contributed by atoms with Gasteiger partial charge in [-0.05, 0) is 30.7 Å². The molecule has 3 nitrogen and oxygen atoms in total. The molecular weight excluding hydrogens is 313 g/mol. The van der Waals surface area contributed by atoms with E-state index in [0.29, 0.717) is 16.7 Å². The zero-order valence-corrected chi connectivity index (χ0v) is 13.1. The van der Waals surface area contributed by atoms with Crippen molar-refractivity contribution < 1.29 is 8.42 Å². The molecule has 1 unspecified atom stereocenters. The minimum atomic E-state index is -3.60. The number of sulfonamides is 1. The van der Waals surface area contributed by atoms with Gasteiger partial charge in [-0.1, -0.05) is 29.2 Å². The van der Waals surface area contributed by atoms with E-state index in [9.17, 15) is 8.42 Å². The van der Waals surface area contributed by atoms with Crippen molar-refractivity contribution in [2.24, 2.45) is 3.77 Å². The molecule has 0 aromatic heterocycles. The molecule has 0 amide bonds. The molecule has 0 radical (unpaired) electrons. The third kappa shape index (κ3) is 4.88. The van der Waals surface area contributed by atoms with Gasteiger partial charge in [-0.2, -0.15) is 8.42 Å². The van der Waals surface area contributed by atoms with Crippen molar-refractivity contribution >= 4 is 43.9 Å². The zero-order valence-electron chi connectivity index (χ0n) is 9.97. The lowest BCUT2D eigenvalue weighted by molar-refractivity contribution is 0.598. The number of halogens is 2. The van der Waals surface area contributed by atoms with Crippen LogP contribution in [0.3, 0.4) is 0 Å². The maximum atomic E-state index is 12.1. The highest BCUT2D eigenvalue weighted by atomic mass is 35.5. The Kier molecular flexibility index (Phi) is 6.63. The SMILES string of the molecule is CCCS(CCCl)=NS(=O)(=O)c1ccc(Cl)cc1. The fraction of sp³-hybridized carbons (Fsp3) is 0.455. The van der Waals surface area contributed by atoms with Crippen LogP contribution in [0.2, 0.25) is 5.02 Å². The topological polar surface area (TPSA) is 46.5 Å². The van der Waals surface area contributed by atoms with E-state index in [1.54, 1.807) is 12.1 Å². The molecule has 0 aliphatic heterocycles. The van der Waals surface area contributed by atoms with Crippen molar-refractivity contribution in [1.29, 1.82) is 0 Å². The van der Waals surface area contributed by atoms with E-state index in [1.165, 1.54) is 12.1 Å². The Hall–Kier alpha value is -0.100. The van der Waals surface area contributed by atoms with Crippen molar-refractivity contribution in [2.45, 2.75) is 18.2 Å². The molecule has 1 atom stereocenters. The summed E-state index contributed by atoms with van der Waals surface area (Å²) in [5.74, 6) is 1.77. The maximum Gasteiger partial charge on any atom is 0.287 e. The second-order valence-corrected chi connectivity index (χ2v) is 8.14. The predicted octanol–water partition coefficient (Wildman–Crippen LogP) is 3.48. The number of hydrogen-bond acceptors (Lipinski definition) is 2. The fourth-order valence-electron chi connectivity index (χ4n) is 1.29. The van der Waals surface area contributed by atoms with Gasteiger partial charge in [-0.3, -0.25) is 0 Å². The molecule has 1 aromatic carbocycles. The summed E-state index contributed by atoms with van der Waals surface area (Å²) in [4.78, 5) is 0.176. The van der Waals surface area contributed by atoms with Gasteiger partial charge in [0, 0.05) is 22.4 Å². The van der Waals surface area contributed by atoms with Gasteiger partial charge in [0.05, 0.1) is 4.90 Å². The molecule has 0 spiro atoms. The second kappa shape index (κ2) is 7.48. The molecule has 0 fully saturated rings. The van der Waals surface area contributed by atoms with Crippen LogP contribution in [-0.4, -0.2) is 25.8 Å². The first-order chi connectivity index (χ1) is 8.49. The molecule has 18 heavy (non-hydrogen) atoms. The van der Waals surface area contributed by atoms with Gasteiger partial charge in [0.25, 0.3) is 10.0 Å². The Morgan fingerprint density at radius 3 is 2.33 bits per heavy atom. The largest absolute Gasteiger partial charge is 0.287 e. The number of hydrogen-bond donors (Lipinski definition) is 0. The van der Waals surface area contributed by atoms with Gasteiger partial charge in [0.2, 0.25) is 0 Å². The Balaban J connectivity index is 3.04. The molecular formula is C11H15Cl2NO2S2. The van der Waals surface area contributed by atoms with Crippen LogP contribution >= 0.6 is 23.2 Å². The van der Waals surface area contributed by atoms with Crippen molar-refractivity contribution in [3.05, 3.63) is 29.3 Å². The van der Waals surface area contributed by atoms with Gasteiger partial charge in [-0.15, -0.1) is 15.4 Å². The summed E-state index contributed by atoms with van der Waals surface area (Å²) in [7, 11) is -4.13. The molecule has 0 heterocycles. The highest BCUT2D eigenvalue weighted by Crippen LogP contribution is 2.17. The Morgan fingerprint density at radius 1 is 1.22 bits per heavy atom. The van der Waals surface area contributed by atoms with Crippen LogP contribution in [0.15, 0.2) is 32.9 Å². The van der Waals surface area contributed by atoms with E-state index in [-0.39, 0.29) is 4.90 Å². The highest BCUT2D eigenvalue weighted by molar-refractivity contribution is 8.00. The van der Waals surface area contributed by atoms with Crippen LogP contribution in [0.4, 0.5) is 0 Å². The minimum Gasteiger partial charge on any atom is -0.199 e. The molecule has 1 aromatic rings. The minimum absolute atomic E-state index is 0.176. The average Bonchev–Trinajstić information content (AvgIpc) is 2.29. The zero-order chi connectivity index (χ0) is 13.6. The Morgan fingerprint density at radius 2 is 1.83 bits per heavy atom. The average molecular weight is 328 g/mol. The number of benzene rings is 1. The monoisotopic (exact) mass is 327 g/mol. The standard InChI is InChI=1S/C11H15Cl2NO2S2/c1-2-8-17(9-7-12)14-18(15,16)11-5-3-10(13)4-6-11/h3-6H,2,7-9H2,1H3. The van der Waals surface area contributed by atoms with Crippen molar-refractivity contribution in [3.63, 3.8) is 0 Å².